The van der Waals surface area contributed by atoms with Crippen molar-refractivity contribution in [1.82, 2.24) is 9.62 Å². The van der Waals surface area contributed by atoms with Gasteiger partial charge in [-0.3, -0.25) is 4.79 Å². The van der Waals surface area contributed by atoms with Crippen LogP contribution in [0, 0.1) is 5.92 Å². The van der Waals surface area contributed by atoms with Gasteiger partial charge in [0, 0.05) is 24.7 Å². The molecule has 0 aromatic heterocycles. The zero-order valence-corrected chi connectivity index (χ0v) is 19.2. The second-order valence-electron chi connectivity index (χ2n) is 7.92. The molecule has 0 spiro atoms. The van der Waals surface area contributed by atoms with E-state index < -0.39 is 16.1 Å². The van der Waals surface area contributed by atoms with Crippen LogP contribution >= 0.6 is 0 Å². The first-order valence-corrected chi connectivity index (χ1v) is 11.9. The molecule has 1 atom stereocenters. The molecule has 1 heterocycles. The number of nitrogens with zero attached hydrogens (tertiary/aromatic N) is 1. The van der Waals surface area contributed by atoms with E-state index >= 15 is 0 Å². The Bertz CT molecular complexity index is 1030. The Morgan fingerprint density at radius 2 is 1.71 bits per heavy atom. The van der Waals surface area contributed by atoms with E-state index in [1.165, 1.54) is 25.3 Å². The van der Waals surface area contributed by atoms with Gasteiger partial charge < -0.3 is 14.4 Å². The molecular formula is C23H30N2O5S. The van der Waals surface area contributed by atoms with Gasteiger partial charge in [0.05, 0.1) is 24.7 Å². The number of nitrogens with one attached hydrogen (secondary N) is 1. The summed E-state index contributed by atoms with van der Waals surface area (Å²) in [5.41, 5.74) is 0.977. The van der Waals surface area contributed by atoms with Gasteiger partial charge in [-0.2, -0.15) is 0 Å². The normalized spacial score (nSPS) is 16.1. The fourth-order valence-electron chi connectivity index (χ4n) is 3.79. The van der Waals surface area contributed by atoms with E-state index in [4.69, 9.17) is 9.47 Å². The summed E-state index contributed by atoms with van der Waals surface area (Å²) in [5, 5.41) is 0. The minimum atomic E-state index is -3.88. The van der Waals surface area contributed by atoms with Gasteiger partial charge in [0.1, 0.15) is 11.5 Å². The average molecular weight is 447 g/mol. The first-order chi connectivity index (χ1) is 14.8. The monoisotopic (exact) mass is 446 g/mol. The van der Waals surface area contributed by atoms with Crippen molar-refractivity contribution in [3.8, 4) is 11.5 Å². The lowest BCUT2D eigenvalue weighted by Gasteiger charge is -2.30. The molecule has 31 heavy (non-hydrogen) atoms. The minimum Gasteiger partial charge on any atom is -0.496 e. The molecule has 1 saturated heterocycles. The minimum absolute atomic E-state index is 0.0174. The third-order valence-electron chi connectivity index (χ3n) is 5.72. The average Bonchev–Trinajstić information content (AvgIpc) is 2.78. The number of carbonyl (C=O) groups excluding carboxylic acids is 1. The lowest BCUT2D eigenvalue weighted by atomic mass is 9.98. The molecule has 1 fully saturated rings. The zero-order chi connectivity index (χ0) is 22.6. The van der Waals surface area contributed by atoms with Crippen molar-refractivity contribution in [3.63, 3.8) is 0 Å². The van der Waals surface area contributed by atoms with Gasteiger partial charge in [-0.05, 0) is 49.9 Å². The van der Waals surface area contributed by atoms with Crippen molar-refractivity contribution in [3.05, 3.63) is 53.6 Å². The molecule has 0 bridgehead atoms. The number of likely N-dealkylation sites (tertiary alicyclic amines) is 1. The molecule has 0 radical (unpaired) electrons. The Balaban J connectivity index is 1.88. The van der Waals surface area contributed by atoms with E-state index in [2.05, 4.69) is 11.6 Å². The van der Waals surface area contributed by atoms with E-state index in [-0.39, 0.29) is 16.4 Å². The van der Waals surface area contributed by atoms with E-state index in [0.717, 1.165) is 18.4 Å². The molecule has 7 nitrogen and oxygen atoms in total. The summed E-state index contributed by atoms with van der Waals surface area (Å²) < 4.78 is 39.6. The number of piperidine rings is 1. The molecule has 2 aromatic rings. The van der Waals surface area contributed by atoms with Crippen LogP contribution in [0.1, 0.15) is 48.7 Å². The molecule has 1 N–H and O–H groups in total. The SMILES string of the molecule is COc1ccc(S(=O)(=O)N[C@H](C)c2ccccc2OC)cc1C(=O)N1CCC(C)CC1. The number of ether oxygens (including phenoxy) is 2. The number of amides is 1. The molecule has 0 aliphatic carbocycles. The van der Waals surface area contributed by atoms with Crippen LogP contribution < -0.4 is 14.2 Å². The number of methoxy groups -OCH3 is 2. The molecule has 168 valence electrons. The van der Waals surface area contributed by atoms with Crippen LogP contribution in [0.3, 0.4) is 0 Å². The van der Waals surface area contributed by atoms with Crippen molar-refractivity contribution in [2.45, 2.75) is 37.6 Å². The van der Waals surface area contributed by atoms with Crippen molar-refractivity contribution in [1.29, 1.82) is 0 Å². The quantitative estimate of drug-likeness (QED) is 0.702. The van der Waals surface area contributed by atoms with Gasteiger partial charge >= 0.3 is 0 Å². The summed E-state index contributed by atoms with van der Waals surface area (Å²) in [6.45, 7) is 5.23. The van der Waals surface area contributed by atoms with Crippen LogP contribution in [0.2, 0.25) is 0 Å². The van der Waals surface area contributed by atoms with Gasteiger partial charge in [0.2, 0.25) is 10.0 Å². The van der Waals surface area contributed by atoms with E-state index in [1.54, 1.807) is 25.0 Å². The standard InChI is InChI=1S/C23H30N2O5S/c1-16-11-13-25(14-12-16)23(26)20-15-18(9-10-22(20)30-4)31(27,28)24-17(2)19-7-5-6-8-21(19)29-3/h5-10,15-17,24H,11-14H2,1-4H3/t17-/m1/s1. The molecule has 1 amide bonds. The van der Waals surface area contributed by atoms with Crippen LogP contribution in [-0.4, -0.2) is 46.5 Å². The van der Waals surface area contributed by atoms with Gasteiger partial charge in [0.15, 0.2) is 0 Å². The highest BCUT2D eigenvalue weighted by Gasteiger charge is 2.27. The summed E-state index contributed by atoms with van der Waals surface area (Å²) in [7, 11) is -0.868. The van der Waals surface area contributed by atoms with Crippen LogP contribution in [0.25, 0.3) is 0 Å². The van der Waals surface area contributed by atoms with Crippen molar-refractivity contribution >= 4 is 15.9 Å². The van der Waals surface area contributed by atoms with Gasteiger partial charge in [-0.1, -0.05) is 25.1 Å². The maximum atomic E-state index is 13.1. The number of hydrogen-bond donors (Lipinski definition) is 1. The van der Waals surface area contributed by atoms with Crippen LogP contribution in [0.5, 0.6) is 11.5 Å². The number of carbonyl (C=O) groups is 1. The topological polar surface area (TPSA) is 84.9 Å². The largest absolute Gasteiger partial charge is 0.496 e. The summed E-state index contributed by atoms with van der Waals surface area (Å²) in [6.07, 6.45) is 1.87. The zero-order valence-electron chi connectivity index (χ0n) is 18.4. The Kier molecular flexibility index (Phi) is 7.23. The van der Waals surface area contributed by atoms with Gasteiger partial charge in [-0.15, -0.1) is 0 Å². The van der Waals surface area contributed by atoms with Crippen molar-refractivity contribution in [2.24, 2.45) is 5.92 Å². The fourth-order valence-corrected chi connectivity index (χ4v) is 5.04. The van der Waals surface area contributed by atoms with Crippen molar-refractivity contribution < 1.29 is 22.7 Å². The number of rotatable bonds is 7. The summed E-state index contributed by atoms with van der Waals surface area (Å²) in [4.78, 5) is 14.9. The molecular weight excluding hydrogens is 416 g/mol. The summed E-state index contributed by atoms with van der Waals surface area (Å²) >= 11 is 0. The molecule has 0 saturated carbocycles. The maximum absolute atomic E-state index is 13.1. The third kappa shape index (κ3) is 5.19. The first kappa shape index (κ1) is 23.1. The lowest BCUT2D eigenvalue weighted by molar-refractivity contribution is 0.0693. The predicted molar refractivity (Wildman–Crippen MR) is 119 cm³/mol. The van der Waals surface area contributed by atoms with E-state index in [0.29, 0.717) is 30.5 Å². The highest BCUT2D eigenvalue weighted by atomic mass is 32.2. The first-order valence-electron chi connectivity index (χ1n) is 10.4. The van der Waals surface area contributed by atoms with Crippen LogP contribution in [-0.2, 0) is 10.0 Å². The van der Waals surface area contributed by atoms with Gasteiger partial charge in [-0.25, -0.2) is 13.1 Å². The number of hydrogen-bond acceptors (Lipinski definition) is 5. The summed E-state index contributed by atoms with van der Waals surface area (Å²) in [6, 6.07) is 11.1. The molecule has 2 aromatic carbocycles. The van der Waals surface area contributed by atoms with E-state index in [9.17, 15) is 13.2 Å². The molecule has 0 unspecified atom stereocenters. The maximum Gasteiger partial charge on any atom is 0.257 e. The van der Waals surface area contributed by atoms with E-state index in [1.807, 2.05) is 18.2 Å². The number of sulfonamides is 1. The van der Waals surface area contributed by atoms with Crippen LogP contribution in [0.4, 0.5) is 0 Å². The molecule has 1 aliphatic rings. The lowest BCUT2D eigenvalue weighted by Crippen LogP contribution is -2.38. The number of benzene rings is 2. The highest BCUT2D eigenvalue weighted by Crippen LogP contribution is 2.29. The second kappa shape index (κ2) is 9.70. The highest BCUT2D eigenvalue weighted by molar-refractivity contribution is 7.89. The molecule has 1 aliphatic heterocycles. The summed E-state index contributed by atoms with van der Waals surface area (Å²) in [5.74, 6) is 1.33. The van der Waals surface area contributed by atoms with Crippen LogP contribution in [0.15, 0.2) is 47.4 Å². The fraction of sp³-hybridized carbons (Fsp3) is 0.435. The second-order valence-corrected chi connectivity index (χ2v) is 9.64. The van der Waals surface area contributed by atoms with Crippen molar-refractivity contribution in [2.75, 3.05) is 27.3 Å². The predicted octanol–water partition coefficient (Wildman–Crippen LogP) is 3.62. The molecule has 8 heteroatoms. The third-order valence-corrected chi connectivity index (χ3v) is 7.26. The Morgan fingerprint density at radius 3 is 2.35 bits per heavy atom. The smallest absolute Gasteiger partial charge is 0.257 e. The van der Waals surface area contributed by atoms with Gasteiger partial charge in [0.25, 0.3) is 5.91 Å². The number of para-hydroxylation sites is 1. The molecule has 3 rings (SSSR count). The Hall–Kier alpha value is -2.58. The Morgan fingerprint density at radius 1 is 1.06 bits per heavy atom. The Labute approximate surface area is 184 Å².